The lowest BCUT2D eigenvalue weighted by Gasteiger charge is -2.23. The Balaban J connectivity index is 1.70. The standard InChI is InChI=1S/C22H26N4O3S/c1-17-4-9-20(30(28,29)24-2)14-21(17)22(27)26-11-3-10-25(12-13-26)16-19-7-5-18(15-23)6-8-19/h4-9,14,24H,3,10-13,16H2,1-2H3. The van der Waals surface area contributed by atoms with E-state index in [1.54, 1.807) is 11.0 Å². The molecule has 0 radical (unpaired) electrons. The van der Waals surface area contributed by atoms with Crippen molar-refractivity contribution in [1.82, 2.24) is 14.5 Å². The van der Waals surface area contributed by atoms with Gasteiger partial charge < -0.3 is 4.90 Å². The Bertz CT molecular complexity index is 1060. The summed E-state index contributed by atoms with van der Waals surface area (Å²) >= 11 is 0. The number of aryl methyl sites for hydroxylation is 1. The molecule has 1 saturated heterocycles. The molecule has 0 spiro atoms. The van der Waals surface area contributed by atoms with E-state index in [-0.39, 0.29) is 10.8 Å². The molecule has 1 aliphatic heterocycles. The molecule has 3 rings (SSSR count). The van der Waals surface area contributed by atoms with Gasteiger partial charge in [0, 0.05) is 38.3 Å². The van der Waals surface area contributed by atoms with Gasteiger partial charge in [-0.25, -0.2) is 13.1 Å². The Morgan fingerprint density at radius 2 is 1.83 bits per heavy atom. The second-order valence-electron chi connectivity index (χ2n) is 7.41. The Hall–Kier alpha value is -2.73. The van der Waals surface area contributed by atoms with Gasteiger partial charge in [-0.1, -0.05) is 18.2 Å². The minimum absolute atomic E-state index is 0.0937. The highest BCUT2D eigenvalue weighted by Gasteiger charge is 2.23. The maximum atomic E-state index is 13.1. The SMILES string of the molecule is CNS(=O)(=O)c1ccc(C)c(C(=O)N2CCCN(Cc3ccc(C#N)cc3)CC2)c1. The third-order valence-corrected chi connectivity index (χ3v) is 6.80. The van der Waals surface area contributed by atoms with E-state index in [1.165, 1.54) is 19.2 Å². The molecule has 1 aliphatic rings. The summed E-state index contributed by atoms with van der Waals surface area (Å²) in [6, 6.07) is 14.3. The smallest absolute Gasteiger partial charge is 0.254 e. The molecule has 1 N–H and O–H groups in total. The number of hydrogen-bond donors (Lipinski definition) is 1. The van der Waals surface area contributed by atoms with Gasteiger partial charge in [0.05, 0.1) is 16.5 Å². The monoisotopic (exact) mass is 426 g/mol. The van der Waals surface area contributed by atoms with E-state index in [0.29, 0.717) is 24.2 Å². The first-order valence-electron chi connectivity index (χ1n) is 9.89. The molecule has 0 unspecified atom stereocenters. The van der Waals surface area contributed by atoms with Crippen LogP contribution in [0.1, 0.15) is 33.5 Å². The fourth-order valence-corrected chi connectivity index (χ4v) is 4.32. The van der Waals surface area contributed by atoms with Crippen molar-refractivity contribution in [2.75, 3.05) is 33.2 Å². The quantitative estimate of drug-likeness (QED) is 0.791. The zero-order valence-corrected chi connectivity index (χ0v) is 18.1. The maximum absolute atomic E-state index is 13.1. The molecular formula is C22H26N4O3S. The van der Waals surface area contributed by atoms with Crippen LogP contribution in [0.3, 0.4) is 0 Å². The van der Waals surface area contributed by atoms with Crippen molar-refractivity contribution in [2.24, 2.45) is 0 Å². The molecule has 158 valence electrons. The summed E-state index contributed by atoms with van der Waals surface area (Å²) in [5, 5.41) is 8.92. The lowest BCUT2D eigenvalue weighted by atomic mass is 10.1. The Morgan fingerprint density at radius 3 is 2.50 bits per heavy atom. The minimum Gasteiger partial charge on any atom is -0.337 e. The largest absolute Gasteiger partial charge is 0.337 e. The average molecular weight is 427 g/mol. The lowest BCUT2D eigenvalue weighted by molar-refractivity contribution is 0.0760. The van der Waals surface area contributed by atoms with Crippen LogP contribution in [0.15, 0.2) is 47.4 Å². The number of benzene rings is 2. The van der Waals surface area contributed by atoms with Crippen LogP contribution in [-0.4, -0.2) is 57.4 Å². The first-order chi connectivity index (χ1) is 14.3. The van der Waals surface area contributed by atoms with Gasteiger partial charge in [0.2, 0.25) is 10.0 Å². The van der Waals surface area contributed by atoms with E-state index >= 15 is 0 Å². The molecule has 2 aromatic carbocycles. The summed E-state index contributed by atoms with van der Waals surface area (Å²) in [7, 11) is -2.25. The molecule has 0 aliphatic carbocycles. The van der Waals surface area contributed by atoms with E-state index in [1.807, 2.05) is 31.2 Å². The van der Waals surface area contributed by atoms with Gasteiger partial charge in [-0.05, 0) is 55.8 Å². The van der Waals surface area contributed by atoms with Crippen molar-refractivity contribution in [3.8, 4) is 6.07 Å². The normalized spacial score (nSPS) is 15.4. The van der Waals surface area contributed by atoms with E-state index < -0.39 is 10.0 Å². The van der Waals surface area contributed by atoms with E-state index in [0.717, 1.165) is 37.2 Å². The predicted molar refractivity (Wildman–Crippen MR) is 114 cm³/mol. The number of rotatable bonds is 5. The number of carbonyl (C=O) groups excluding carboxylic acids is 1. The second kappa shape index (κ2) is 9.39. The molecule has 0 saturated carbocycles. The minimum atomic E-state index is -3.61. The number of hydrogen-bond acceptors (Lipinski definition) is 5. The first kappa shape index (κ1) is 22.0. The molecule has 2 aromatic rings. The maximum Gasteiger partial charge on any atom is 0.254 e. The highest BCUT2D eigenvalue weighted by molar-refractivity contribution is 7.89. The summed E-state index contributed by atoms with van der Waals surface area (Å²) in [4.78, 5) is 17.3. The van der Waals surface area contributed by atoms with Crippen molar-refractivity contribution >= 4 is 15.9 Å². The highest BCUT2D eigenvalue weighted by atomic mass is 32.2. The number of carbonyl (C=O) groups is 1. The van der Waals surface area contributed by atoms with Gasteiger partial charge in [-0.3, -0.25) is 9.69 Å². The van der Waals surface area contributed by atoms with Gasteiger partial charge >= 0.3 is 0 Å². The summed E-state index contributed by atoms with van der Waals surface area (Å²) in [5.74, 6) is -0.138. The number of sulfonamides is 1. The molecule has 1 fully saturated rings. The summed E-state index contributed by atoms with van der Waals surface area (Å²) < 4.78 is 26.5. The van der Waals surface area contributed by atoms with Crippen LogP contribution in [0.25, 0.3) is 0 Å². The van der Waals surface area contributed by atoms with Crippen molar-refractivity contribution in [3.05, 3.63) is 64.7 Å². The van der Waals surface area contributed by atoms with Crippen molar-refractivity contribution < 1.29 is 13.2 Å². The molecule has 0 atom stereocenters. The van der Waals surface area contributed by atoms with Crippen molar-refractivity contribution in [3.63, 3.8) is 0 Å². The van der Waals surface area contributed by atoms with Crippen LogP contribution in [0.4, 0.5) is 0 Å². The zero-order valence-electron chi connectivity index (χ0n) is 17.3. The fraction of sp³-hybridized carbons (Fsp3) is 0.364. The van der Waals surface area contributed by atoms with Crippen LogP contribution in [0, 0.1) is 18.3 Å². The van der Waals surface area contributed by atoms with Gasteiger partial charge in [-0.15, -0.1) is 0 Å². The zero-order chi connectivity index (χ0) is 21.7. The summed E-state index contributed by atoms with van der Waals surface area (Å²) in [6.45, 7) is 5.40. The summed E-state index contributed by atoms with van der Waals surface area (Å²) in [5.41, 5.74) is 2.96. The molecule has 8 heteroatoms. The van der Waals surface area contributed by atoms with Gasteiger partial charge in [-0.2, -0.15) is 5.26 Å². The topological polar surface area (TPSA) is 93.5 Å². The number of amides is 1. The predicted octanol–water partition coefficient (Wildman–Crippen LogP) is 2.12. The number of nitrogens with zero attached hydrogens (tertiary/aromatic N) is 3. The number of nitrogens with one attached hydrogen (secondary N) is 1. The molecule has 7 nitrogen and oxygen atoms in total. The summed E-state index contributed by atoms with van der Waals surface area (Å²) in [6.07, 6.45) is 0.843. The third kappa shape index (κ3) is 5.05. The second-order valence-corrected chi connectivity index (χ2v) is 9.30. The van der Waals surface area contributed by atoms with Gasteiger partial charge in [0.1, 0.15) is 0 Å². The van der Waals surface area contributed by atoms with E-state index in [4.69, 9.17) is 5.26 Å². The van der Waals surface area contributed by atoms with Crippen molar-refractivity contribution in [2.45, 2.75) is 24.8 Å². The third-order valence-electron chi connectivity index (χ3n) is 5.38. The average Bonchev–Trinajstić information content (AvgIpc) is 2.99. The fourth-order valence-electron chi connectivity index (χ4n) is 3.56. The van der Waals surface area contributed by atoms with Crippen LogP contribution < -0.4 is 4.72 Å². The highest BCUT2D eigenvalue weighted by Crippen LogP contribution is 2.19. The molecule has 1 amide bonds. The van der Waals surface area contributed by atoms with Crippen LogP contribution in [0.5, 0.6) is 0 Å². The Morgan fingerprint density at radius 1 is 1.10 bits per heavy atom. The van der Waals surface area contributed by atoms with Gasteiger partial charge in [0.15, 0.2) is 0 Å². The van der Waals surface area contributed by atoms with Crippen molar-refractivity contribution in [1.29, 1.82) is 5.26 Å². The molecule has 0 bridgehead atoms. The Kier molecular flexibility index (Phi) is 6.87. The van der Waals surface area contributed by atoms with E-state index in [2.05, 4.69) is 15.7 Å². The van der Waals surface area contributed by atoms with Crippen LogP contribution in [0.2, 0.25) is 0 Å². The molecular weight excluding hydrogens is 400 g/mol. The van der Waals surface area contributed by atoms with Crippen LogP contribution in [-0.2, 0) is 16.6 Å². The molecule has 1 heterocycles. The first-order valence-corrected chi connectivity index (χ1v) is 11.4. The van der Waals surface area contributed by atoms with E-state index in [9.17, 15) is 13.2 Å². The Labute approximate surface area is 178 Å². The van der Waals surface area contributed by atoms with Crippen LogP contribution >= 0.6 is 0 Å². The van der Waals surface area contributed by atoms with Gasteiger partial charge in [0.25, 0.3) is 5.91 Å². The molecule has 0 aromatic heterocycles. The molecule has 30 heavy (non-hydrogen) atoms. The number of nitriles is 1. The lowest BCUT2D eigenvalue weighted by Crippen LogP contribution is -2.35.